The van der Waals surface area contributed by atoms with Gasteiger partial charge in [0.1, 0.15) is 22.1 Å². The van der Waals surface area contributed by atoms with Crippen LogP contribution in [0.1, 0.15) is 20.8 Å². The van der Waals surface area contributed by atoms with Crippen molar-refractivity contribution >= 4 is 21.3 Å². The summed E-state index contributed by atoms with van der Waals surface area (Å²) in [4.78, 5) is 8.45. The fourth-order valence-corrected chi connectivity index (χ4v) is 3.81. The number of pyridine rings is 2. The monoisotopic (exact) mass is 360 g/mol. The number of nitrogens with two attached hydrogens (primary N) is 1. The van der Waals surface area contributed by atoms with E-state index in [2.05, 4.69) is 9.97 Å². The maximum absolute atomic E-state index is 13.0. The van der Waals surface area contributed by atoms with Crippen LogP contribution in [0.15, 0.2) is 41.7 Å². The zero-order valence-electron chi connectivity index (χ0n) is 14.5. The average molecular weight is 360 g/mol. The van der Waals surface area contributed by atoms with Gasteiger partial charge >= 0.3 is 0 Å². The fraction of sp³-hybridized carbons (Fsp3) is 0.294. The van der Waals surface area contributed by atoms with Crippen LogP contribution in [0.3, 0.4) is 0 Å². The number of hydrogen-bond donors (Lipinski definition) is 1. The molecule has 0 aliphatic carbocycles. The largest absolute Gasteiger partial charge is 0.495 e. The number of anilines is 1. The second-order valence-corrected chi connectivity index (χ2v) is 9.33. The quantitative estimate of drug-likeness (QED) is 0.770. The first-order valence-electron chi connectivity index (χ1n) is 7.67. The Kier molecular flexibility index (Phi) is 3.95. The summed E-state index contributed by atoms with van der Waals surface area (Å²) in [6, 6.07) is 5.13. The highest BCUT2D eigenvalue weighted by Gasteiger charge is 2.34. The van der Waals surface area contributed by atoms with Gasteiger partial charge in [0.2, 0.25) is 0 Å². The van der Waals surface area contributed by atoms with Gasteiger partial charge in [0, 0.05) is 24.0 Å². The zero-order chi connectivity index (χ0) is 18.4. The molecule has 0 fully saturated rings. The highest BCUT2D eigenvalue weighted by atomic mass is 32.2. The van der Waals surface area contributed by atoms with Crippen molar-refractivity contribution in [2.75, 3.05) is 12.8 Å². The van der Waals surface area contributed by atoms with Crippen molar-refractivity contribution in [2.24, 2.45) is 0 Å². The molecular weight excluding hydrogens is 340 g/mol. The van der Waals surface area contributed by atoms with E-state index >= 15 is 0 Å². The molecule has 0 aromatic carbocycles. The molecule has 0 saturated carbocycles. The van der Waals surface area contributed by atoms with Crippen LogP contribution in [0, 0.1) is 0 Å². The number of nitrogen functional groups attached to an aromatic ring is 1. The van der Waals surface area contributed by atoms with Crippen LogP contribution in [-0.2, 0) is 9.84 Å². The normalized spacial score (nSPS) is 12.5. The average Bonchev–Trinajstić information content (AvgIpc) is 2.95. The Hall–Kier alpha value is -2.61. The number of imidazole rings is 1. The highest BCUT2D eigenvalue weighted by molar-refractivity contribution is 7.92. The molecule has 0 radical (unpaired) electrons. The molecule has 3 aromatic rings. The third kappa shape index (κ3) is 2.82. The van der Waals surface area contributed by atoms with E-state index in [0.29, 0.717) is 11.5 Å². The lowest BCUT2D eigenvalue weighted by Crippen LogP contribution is -2.28. The number of rotatable bonds is 3. The molecule has 132 valence electrons. The summed E-state index contributed by atoms with van der Waals surface area (Å²) in [7, 11) is -2.16. The van der Waals surface area contributed by atoms with E-state index in [0.717, 1.165) is 11.3 Å². The van der Waals surface area contributed by atoms with Crippen LogP contribution in [-0.4, -0.2) is 34.6 Å². The number of methoxy groups -OCH3 is 1. The van der Waals surface area contributed by atoms with E-state index in [1.165, 1.54) is 7.11 Å². The molecule has 3 aromatic heterocycles. The van der Waals surface area contributed by atoms with Gasteiger partial charge < -0.3 is 10.5 Å². The topological polar surface area (TPSA) is 99.6 Å². The number of fused-ring (bicyclic) bond motifs is 1. The van der Waals surface area contributed by atoms with E-state index < -0.39 is 14.6 Å². The van der Waals surface area contributed by atoms with Gasteiger partial charge in [0.25, 0.3) is 0 Å². The van der Waals surface area contributed by atoms with Crippen LogP contribution in [0.25, 0.3) is 16.9 Å². The van der Waals surface area contributed by atoms with E-state index in [4.69, 9.17) is 10.5 Å². The molecule has 0 unspecified atom stereocenters. The molecule has 0 aliphatic rings. The number of nitrogens with zero attached hydrogens (tertiary/aromatic N) is 3. The summed E-state index contributed by atoms with van der Waals surface area (Å²) in [5.74, 6) is 0.650. The van der Waals surface area contributed by atoms with E-state index in [1.54, 1.807) is 62.0 Å². The van der Waals surface area contributed by atoms with Crippen molar-refractivity contribution in [1.82, 2.24) is 14.4 Å². The molecular formula is C17H20N4O3S. The second kappa shape index (κ2) is 5.73. The van der Waals surface area contributed by atoms with Crippen molar-refractivity contribution in [2.45, 2.75) is 30.4 Å². The molecule has 25 heavy (non-hydrogen) atoms. The van der Waals surface area contributed by atoms with Crippen LogP contribution in [0.5, 0.6) is 5.75 Å². The summed E-state index contributed by atoms with van der Waals surface area (Å²) in [5.41, 5.74) is 7.85. The molecule has 3 heterocycles. The Balaban J connectivity index is 2.31. The smallest absolute Gasteiger partial charge is 0.188 e. The number of aromatic nitrogens is 3. The fourth-order valence-electron chi connectivity index (χ4n) is 2.50. The third-order valence-corrected chi connectivity index (χ3v) is 6.47. The molecule has 0 spiro atoms. The van der Waals surface area contributed by atoms with E-state index in [9.17, 15) is 8.42 Å². The van der Waals surface area contributed by atoms with Crippen LogP contribution >= 0.6 is 0 Å². The van der Waals surface area contributed by atoms with Crippen molar-refractivity contribution < 1.29 is 13.2 Å². The van der Waals surface area contributed by atoms with Crippen molar-refractivity contribution in [1.29, 1.82) is 0 Å². The summed E-state index contributed by atoms with van der Waals surface area (Å²) < 4.78 is 32.0. The first-order chi connectivity index (χ1) is 11.6. The van der Waals surface area contributed by atoms with Crippen molar-refractivity contribution in [3.05, 3.63) is 36.8 Å². The van der Waals surface area contributed by atoms with Crippen molar-refractivity contribution in [3.8, 4) is 17.0 Å². The predicted molar refractivity (Wildman–Crippen MR) is 96.3 cm³/mol. The lowest BCUT2D eigenvalue weighted by Gasteiger charge is -2.21. The van der Waals surface area contributed by atoms with E-state index in [-0.39, 0.29) is 10.6 Å². The van der Waals surface area contributed by atoms with Gasteiger partial charge in [-0.2, -0.15) is 0 Å². The number of sulfone groups is 1. The first kappa shape index (κ1) is 17.2. The van der Waals surface area contributed by atoms with Gasteiger partial charge in [-0.25, -0.2) is 18.4 Å². The summed E-state index contributed by atoms with van der Waals surface area (Å²) in [6.45, 7) is 4.97. The molecule has 0 aliphatic heterocycles. The van der Waals surface area contributed by atoms with Crippen molar-refractivity contribution in [3.63, 3.8) is 0 Å². The Bertz CT molecular complexity index is 1050. The zero-order valence-corrected chi connectivity index (χ0v) is 15.3. The van der Waals surface area contributed by atoms with Gasteiger partial charge in [0.15, 0.2) is 9.84 Å². The minimum Gasteiger partial charge on any atom is -0.495 e. The Morgan fingerprint density at radius 3 is 2.52 bits per heavy atom. The maximum Gasteiger partial charge on any atom is 0.188 e. The van der Waals surface area contributed by atoms with Gasteiger partial charge in [-0.05, 0) is 32.9 Å². The van der Waals surface area contributed by atoms with Gasteiger partial charge in [-0.3, -0.25) is 4.40 Å². The Morgan fingerprint density at radius 2 is 1.92 bits per heavy atom. The molecule has 0 saturated heterocycles. The molecule has 8 heteroatoms. The summed E-state index contributed by atoms with van der Waals surface area (Å²) in [6.07, 6.45) is 4.81. The van der Waals surface area contributed by atoms with Crippen LogP contribution < -0.4 is 10.5 Å². The minimum atomic E-state index is -3.61. The van der Waals surface area contributed by atoms with E-state index in [1.807, 2.05) is 0 Å². The lowest BCUT2D eigenvalue weighted by molar-refractivity contribution is 0.401. The molecule has 0 bridgehead atoms. The standard InChI is InChI=1S/C17H20N4O3S/c1-17(2,3)25(22,23)14-10-21-12(11-5-6-19-15(18)7-11)9-20-16(21)8-13(14)24-4/h5-10H,1-4H3,(H2,18,19). The lowest BCUT2D eigenvalue weighted by atomic mass is 10.2. The van der Waals surface area contributed by atoms with Gasteiger partial charge in [-0.1, -0.05) is 0 Å². The van der Waals surface area contributed by atoms with Crippen LogP contribution in [0.4, 0.5) is 5.82 Å². The number of ether oxygens (including phenoxy) is 1. The second-order valence-electron chi connectivity index (χ2n) is 6.66. The predicted octanol–water partition coefficient (Wildman–Crippen LogP) is 2.56. The SMILES string of the molecule is COc1cc2ncc(-c3ccnc(N)c3)n2cc1S(=O)(=O)C(C)(C)C. The Labute approximate surface area is 146 Å². The first-order valence-corrected chi connectivity index (χ1v) is 9.15. The van der Waals surface area contributed by atoms with Gasteiger partial charge in [0.05, 0.1) is 23.7 Å². The molecule has 0 atom stereocenters. The summed E-state index contributed by atoms with van der Waals surface area (Å²) >= 11 is 0. The Morgan fingerprint density at radius 1 is 1.20 bits per heavy atom. The minimum absolute atomic E-state index is 0.122. The molecule has 7 nitrogen and oxygen atoms in total. The highest BCUT2D eigenvalue weighted by Crippen LogP contribution is 2.34. The van der Waals surface area contributed by atoms with Gasteiger partial charge in [-0.15, -0.1) is 0 Å². The maximum atomic E-state index is 13.0. The molecule has 0 amide bonds. The van der Waals surface area contributed by atoms with Crippen LogP contribution in [0.2, 0.25) is 0 Å². The summed E-state index contributed by atoms with van der Waals surface area (Å²) in [5, 5.41) is 0. The number of hydrogen-bond acceptors (Lipinski definition) is 6. The third-order valence-electron chi connectivity index (χ3n) is 3.97. The molecule has 2 N–H and O–H groups in total. The molecule has 3 rings (SSSR count).